The van der Waals surface area contributed by atoms with Crippen molar-refractivity contribution >= 4 is 44.6 Å². The standard InChI is InChI=1S/C40H54F2N6O9S/c1-22(2)48-34(50)29-15-11-10-14-28(29)33(45-48)56-26-19-30-32(49)44-40(36(52)46-58(54,55)27-16-17-27)20-25(40)13-9-8-12-23(3)18-24(4)31(35(51)47(30)21-26)43-37(53)57-38(5,6)39(7,41)42/h9-11,13-15,22-27,30-31H,8,12,16-21H2,1-7H3,(H,43,53)(H,44,49)(H,46,52). The van der Waals surface area contributed by atoms with Crippen LogP contribution in [0.5, 0.6) is 5.88 Å². The number of halogens is 2. The van der Waals surface area contributed by atoms with Gasteiger partial charge in [-0.1, -0.05) is 38.1 Å². The van der Waals surface area contributed by atoms with Crippen LogP contribution in [-0.2, 0) is 29.1 Å². The van der Waals surface area contributed by atoms with Gasteiger partial charge in [0.15, 0.2) is 5.60 Å². The topological polar surface area (TPSA) is 195 Å². The first-order valence-corrected chi connectivity index (χ1v) is 21.5. The minimum Gasteiger partial charge on any atom is -0.471 e. The largest absolute Gasteiger partial charge is 0.471 e. The highest BCUT2D eigenvalue weighted by Gasteiger charge is 2.62. The second-order valence-corrected chi connectivity index (χ2v) is 19.3. The van der Waals surface area contributed by atoms with Gasteiger partial charge in [0.25, 0.3) is 17.4 Å². The van der Waals surface area contributed by atoms with Crippen LogP contribution >= 0.6 is 0 Å². The van der Waals surface area contributed by atoms with E-state index in [0.29, 0.717) is 49.8 Å². The highest BCUT2D eigenvalue weighted by atomic mass is 32.2. The van der Waals surface area contributed by atoms with Crippen molar-refractivity contribution in [3.05, 3.63) is 46.8 Å². The van der Waals surface area contributed by atoms with E-state index in [0.717, 1.165) is 13.8 Å². The van der Waals surface area contributed by atoms with Gasteiger partial charge in [0.2, 0.25) is 27.7 Å². The number of allylic oxidation sites excluding steroid dienone is 1. The molecule has 1 saturated heterocycles. The summed E-state index contributed by atoms with van der Waals surface area (Å²) in [5.41, 5.74) is -4.19. The number of carbonyl (C=O) groups is 4. The fourth-order valence-electron chi connectivity index (χ4n) is 7.75. The molecule has 3 heterocycles. The maximum absolute atomic E-state index is 14.8. The molecule has 0 radical (unpaired) electrons. The number of carbonyl (C=O) groups excluding carboxylic acids is 4. The van der Waals surface area contributed by atoms with E-state index in [1.807, 2.05) is 13.0 Å². The molecule has 0 bridgehead atoms. The van der Waals surface area contributed by atoms with Gasteiger partial charge in [-0.2, -0.15) is 0 Å². The number of hydrogen-bond donors (Lipinski definition) is 3. The zero-order chi connectivity index (χ0) is 42.5. The molecule has 6 rings (SSSR count). The Morgan fingerprint density at radius 2 is 1.71 bits per heavy atom. The number of nitrogens with one attached hydrogen (secondary N) is 3. The van der Waals surface area contributed by atoms with Crippen LogP contribution in [0, 0.1) is 17.8 Å². The average molecular weight is 833 g/mol. The van der Waals surface area contributed by atoms with Gasteiger partial charge < -0.3 is 25.0 Å². The molecule has 1 aromatic heterocycles. The van der Waals surface area contributed by atoms with Gasteiger partial charge in [-0.3, -0.25) is 23.9 Å². The zero-order valence-corrected chi connectivity index (χ0v) is 34.7. The molecular weight excluding hydrogens is 779 g/mol. The minimum atomic E-state index is -3.98. The summed E-state index contributed by atoms with van der Waals surface area (Å²) < 4.78 is 69.7. The van der Waals surface area contributed by atoms with Gasteiger partial charge in [0, 0.05) is 19.3 Å². The number of hydrogen-bond acceptors (Lipinski definition) is 10. The van der Waals surface area contributed by atoms with Gasteiger partial charge in [-0.15, -0.1) is 5.10 Å². The van der Waals surface area contributed by atoms with Crippen molar-refractivity contribution in [2.45, 2.75) is 140 Å². The fourth-order valence-corrected chi connectivity index (χ4v) is 9.11. The van der Waals surface area contributed by atoms with Crippen LogP contribution in [0.15, 0.2) is 41.2 Å². The molecule has 3 fully saturated rings. The van der Waals surface area contributed by atoms with Crippen molar-refractivity contribution in [3.63, 3.8) is 0 Å². The van der Waals surface area contributed by atoms with Gasteiger partial charge in [0.1, 0.15) is 23.7 Å². The van der Waals surface area contributed by atoms with Crippen LogP contribution in [-0.4, -0.2) is 94.0 Å². The first kappa shape index (κ1) is 43.0. The van der Waals surface area contributed by atoms with Gasteiger partial charge in [-0.05, 0) is 90.2 Å². The molecule has 2 aliphatic carbocycles. The third-order valence-corrected chi connectivity index (χ3v) is 13.7. The molecule has 3 N–H and O–H groups in total. The van der Waals surface area contributed by atoms with Crippen LogP contribution in [0.4, 0.5) is 13.6 Å². The van der Waals surface area contributed by atoms with E-state index >= 15 is 0 Å². The maximum atomic E-state index is 14.8. The van der Waals surface area contributed by atoms with E-state index in [2.05, 4.69) is 20.5 Å². The van der Waals surface area contributed by atoms with Crippen molar-refractivity contribution in [3.8, 4) is 5.88 Å². The van der Waals surface area contributed by atoms with Crippen molar-refractivity contribution in [2.75, 3.05) is 6.54 Å². The molecule has 18 heteroatoms. The summed E-state index contributed by atoms with van der Waals surface area (Å²) in [5.74, 6) is -6.79. The predicted molar refractivity (Wildman–Crippen MR) is 209 cm³/mol. The lowest BCUT2D eigenvalue weighted by Gasteiger charge is -2.35. The molecule has 2 aliphatic heterocycles. The Hall–Kier alpha value is -4.61. The smallest absolute Gasteiger partial charge is 0.408 e. The molecule has 2 aromatic rings. The maximum Gasteiger partial charge on any atom is 0.408 e. The lowest BCUT2D eigenvalue weighted by molar-refractivity contribution is -0.152. The lowest BCUT2D eigenvalue weighted by atomic mass is 9.88. The first-order valence-electron chi connectivity index (χ1n) is 20.0. The number of ether oxygens (including phenoxy) is 2. The van der Waals surface area contributed by atoms with E-state index < -0.39 is 86.2 Å². The van der Waals surface area contributed by atoms with Gasteiger partial charge in [-0.25, -0.2) is 26.7 Å². The molecule has 318 valence electrons. The number of alkyl halides is 2. The zero-order valence-electron chi connectivity index (χ0n) is 33.9. The summed E-state index contributed by atoms with van der Waals surface area (Å²) in [6, 6.07) is 3.74. The minimum absolute atomic E-state index is 0.00599. The molecule has 2 saturated carbocycles. The Balaban J connectivity index is 1.38. The third kappa shape index (κ3) is 8.86. The number of fused-ring (bicyclic) bond motifs is 3. The molecule has 58 heavy (non-hydrogen) atoms. The van der Waals surface area contributed by atoms with E-state index in [1.54, 1.807) is 51.1 Å². The Morgan fingerprint density at radius 1 is 1.03 bits per heavy atom. The number of rotatable bonds is 9. The second kappa shape index (κ2) is 15.9. The third-order valence-electron chi connectivity index (χ3n) is 11.9. The fraction of sp³-hybridized carbons (Fsp3) is 0.650. The molecule has 7 unspecified atom stereocenters. The van der Waals surface area contributed by atoms with Crippen LogP contribution < -0.4 is 25.7 Å². The van der Waals surface area contributed by atoms with E-state index in [9.17, 15) is 41.2 Å². The Morgan fingerprint density at radius 3 is 2.34 bits per heavy atom. The van der Waals surface area contributed by atoms with E-state index in [-0.39, 0.29) is 42.8 Å². The number of sulfonamides is 1. The van der Waals surface area contributed by atoms with Gasteiger partial charge in [0.05, 0.1) is 28.6 Å². The molecule has 7 atom stereocenters. The second-order valence-electron chi connectivity index (χ2n) is 17.4. The molecule has 15 nitrogen and oxygen atoms in total. The van der Waals surface area contributed by atoms with Crippen molar-refractivity contribution in [1.29, 1.82) is 0 Å². The average Bonchev–Trinajstić information content (AvgIpc) is 4.06. The number of alkyl carbamates (subject to hydrolysis) is 1. The van der Waals surface area contributed by atoms with E-state index in [1.165, 1.54) is 9.58 Å². The number of nitrogens with zero attached hydrogens (tertiary/aromatic N) is 3. The lowest BCUT2D eigenvalue weighted by Crippen LogP contribution is -2.59. The summed E-state index contributed by atoms with van der Waals surface area (Å²) in [5, 5.41) is 9.90. The molecular formula is C40H54F2N6O9S. The summed E-state index contributed by atoms with van der Waals surface area (Å²) in [6.07, 6.45) is 4.01. The molecule has 4 amide bonds. The van der Waals surface area contributed by atoms with E-state index in [4.69, 9.17) is 9.47 Å². The quantitative estimate of drug-likeness (QED) is 0.306. The number of aromatic nitrogens is 2. The highest BCUT2D eigenvalue weighted by molar-refractivity contribution is 7.91. The van der Waals surface area contributed by atoms with Crippen molar-refractivity contribution in [2.24, 2.45) is 17.8 Å². The summed E-state index contributed by atoms with van der Waals surface area (Å²) in [4.78, 5) is 71.0. The summed E-state index contributed by atoms with van der Waals surface area (Å²) >= 11 is 0. The Labute approximate surface area is 336 Å². The predicted octanol–water partition coefficient (Wildman–Crippen LogP) is 4.35. The number of benzene rings is 1. The Kier molecular flexibility index (Phi) is 11.8. The normalized spacial score (nSPS) is 28.5. The van der Waals surface area contributed by atoms with Crippen LogP contribution in [0.1, 0.15) is 99.5 Å². The monoisotopic (exact) mass is 832 g/mol. The van der Waals surface area contributed by atoms with Gasteiger partial charge >= 0.3 is 6.09 Å². The summed E-state index contributed by atoms with van der Waals surface area (Å²) in [6.45, 7) is 9.81. The molecule has 4 aliphatic rings. The first-order chi connectivity index (χ1) is 27.0. The molecule has 1 aromatic carbocycles. The highest BCUT2D eigenvalue weighted by Crippen LogP contribution is 2.46. The van der Waals surface area contributed by atoms with Crippen LogP contribution in [0.3, 0.4) is 0 Å². The van der Waals surface area contributed by atoms with Crippen LogP contribution in [0.2, 0.25) is 0 Å². The van der Waals surface area contributed by atoms with Crippen molar-refractivity contribution in [1.82, 2.24) is 30.0 Å². The number of amides is 4. The van der Waals surface area contributed by atoms with Crippen molar-refractivity contribution < 1.29 is 45.9 Å². The summed E-state index contributed by atoms with van der Waals surface area (Å²) in [7, 11) is -3.98. The Bertz CT molecular complexity index is 2150. The van der Waals surface area contributed by atoms with Crippen LogP contribution in [0.25, 0.3) is 10.8 Å². The SMILES string of the molecule is CC1CCC=CC2CC2(C(=O)NS(=O)(=O)C2CC2)NC(=O)C2CC(Oc3nn(C(C)C)c(=O)c4ccccc34)CN2C(=O)C(NC(=O)OC(C)(C)C(C)(F)F)C(C)C1. The molecule has 0 spiro atoms.